The SMILES string of the molecule is c1ccc(-n2c3ccccc3c3ccc(-c4nc(-n5c6ccccc6c6cc7ccc(-n8c9ccccc9c9cc%10ccccc%10cc98)cc7cc65)nc5ccccc45)cc32)cc1. The molecule has 0 bridgehead atoms. The van der Waals surface area contributed by atoms with Gasteiger partial charge in [-0.15, -0.1) is 0 Å². The lowest BCUT2D eigenvalue weighted by atomic mass is 10.0. The van der Waals surface area contributed by atoms with E-state index in [0.717, 1.165) is 55.5 Å². The van der Waals surface area contributed by atoms with E-state index in [4.69, 9.17) is 9.97 Å². The molecule has 0 aliphatic heterocycles. The number of benzene rings is 10. The molecule has 14 rings (SSSR count). The zero-order chi connectivity index (χ0) is 41.2. The molecule has 5 heteroatoms. The predicted molar refractivity (Wildman–Crippen MR) is 263 cm³/mol. The van der Waals surface area contributed by atoms with Gasteiger partial charge >= 0.3 is 0 Å². The van der Waals surface area contributed by atoms with Gasteiger partial charge in [-0.25, -0.2) is 9.97 Å². The van der Waals surface area contributed by atoms with Gasteiger partial charge in [-0.2, -0.15) is 0 Å². The minimum atomic E-state index is 0.642. The third kappa shape index (κ3) is 4.99. The van der Waals surface area contributed by atoms with E-state index in [1.54, 1.807) is 0 Å². The quantitative estimate of drug-likeness (QED) is 0.178. The van der Waals surface area contributed by atoms with Crippen molar-refractivity contribution >= 4 is 97.9 Å². The van der Waals surface area contributed by atoms with E-state index in [9.17, 15) is 0 Å². The minimum Gasteiger partial charge on any atom is -0.309 e. The molecule has 0 unspecified atom stereocenters. The Morgan fingerprint density at radius 3 is 1.51 bits per heavy atom. The van der Waals surface area contributed by atoms with Gasteiger partial charge in [-0.3, -0.25) is 4.57 Å². The zero-order valence-electron chi connectivity index (χ0n) is 33.9. The molecule has 0 saturated carbocycles. The third-order valence-corrected chi connectivity index (χ3v) is 13.2. The van der Waals surface area contributed by atoms with Gasteiger partial charge in [0.25, 0.3) is 0 Å². The van der Waals surface area contributed by atoms with E-state index < -0.39 is 0 Å². The Labute approximate surface area is 360 Å². The lowest BCUT2D eigenvalue weighted by Gasteiger charge is -2.13. The van der Waals surface area contributed by atoms with Gasteiger partial charge in [0.2, 0.25) is 5.95 Å². The molecule has 0 fully saturated rings. The summed E-state index contributed by atoms with van der Waals surface area (Å²) in [6.45, 7) is 0. The molecular weight excluding hydrogens is 767 g/mol. The summed E-state index contributed by atoms with van der Waals surface area (Å²) in [5, 5.41) is 13.1. The maximum atomic E-state index is 5.55. The smallest absolute Gasteiger partial charge is 0.235 e. The second kappa shape index (κ2) is 13.0. The van der Waals surface area contributed by atoms with Crippen molar-refractivity contribution in [2.24, 2.45) is 0 Å². The largest absolute Gasteiger partial charge is 0.309 e. The van der Waals surface area contributed by atoms with Crippen molar-refractivity contribution in [1.82, 2.24) is 23.7 Å². The number of para-hydroxylation sites is 5. The molecule has 0 saturated heterocycles. The van der Waals surface area contributed by atoms with Gasteiger partial charge in [0.15, 0.2) is 0 Å². The molecule has 10 aromatic carbocycles. The maximum Gasteiger partial charge on any atom is 0.235 e. The zero-order valence-corrected chi connectivity index (χ0v) is 33.9. The van der Waals surface area contributed by atoms with E-state index in [1.807, 2.05) is 0 Å². The van der Waals surface area contributed by atoms with Crippen molar-refractivity contribution in [2.45, 2.75) is 0 Å². The molecule has 14 aromatic rings. The highest BCUT2D eigenvalue weighted by molar-refractivity contribution is 6.16. The number of hydrogen-bond donors (Lipinski definition) is 0. The van der Waals surface area contributed by atoms with Gasteiger partial charge in [0.1, 0.15) is 0 Å². The van der Waals surface area contributed by atoms with Gasteiger partial charge in [0, 0.05) is 54.6 Å². The first-order valence-electron chi connectivity index (χ1n) is 21.5. The second-order valence-corrected chi connectivity index (χ2v) is 16.6. The number of aromatic nitrogens is 5. The van der Waals surface area contributed by atoms with E-state index >= 15 is 0 Å². The molecule has 0 N–H and O–H groups in total. The van der Waals surface area contributed by atoms with Crippen LogP contribution in [0.25, 0.3) is 126 Å². The molecule has 4 aromatic heterocycles. The van der Waals surface area contributed by atoms with Gasteiger partial charge in [-0.05, 0) is 100 Å². The average Bonchev–Trinajstić information content (AvgIpc) is 3.97. The Morgan fingerprint density at radius 2 is 0.778 bits per heavy atom. The van der Waals surface area contributed by atoms with Crippen LogP contribution in [-0.4, -0.2) is 23.7 Å². The van der Waals surface area contributed by atoms with Crippen molar-refractivity contribution in [3.8, 4) is 28.6 Å². The van der Waals surface area contributed by atoms with Crippen LogP contribution in [0.2, 0.25) is 0 Å². The number of fused-ring (bicyclic) bond motifs is 12. The number of hydrogen-bond acceptors (Lipinski definition) is 2. The predicted octanol–water partition coefficient (Wildman–Crippen LogP) is 14.9. The Balaban J connectivity index is 1.01. The Bertz CT molecular complexity index is 4210. The van der Waals surface area contributed by atoms with Crippen LogP contribution in [0.15, 0.2) is 212 Å². The van der Waals surface area contributed by atoms with Crippen LogP contribution in [-0.2, 0) is 0 Å². The van der Waals surface area contributed by atoms with Crippen molar-refractivity contribution < 1.29 is 0 Å². The summed E-state index contributed by atoms with van der Waals surface area (Å²) in [6.07, 6.45) is 0. The van der Waals surface area contributed by atoms with Crippen LogP contribution in [0.3, 0.4) is 0 Å². The Kier molecular flexibility index (Phi) is 7.05. The highest BCUT2D eigenvalue weighted by Gasteiger charge is 2.20. The molecule has 63 heavy (non-hydrogen) atoms. The first-order chi connectivity index (χ1) is 31.2. The fraction of sp³-hybridized carbons (Fsp3) is 0. The molecule has 0 aliphatic rings. The van der Waals surface area contributed by atoms with Crippen molar-refractivity contribution in [2.75, 3.05) is 0 Å². The Hall–Kier alpha value is -8.54. The molecule has 0 spiro atoms. The van der Waals surface area contributed by atoms with Crippen LogP contribution < -0.4 is 0 Å². The second-order valence-electron chi connectivity index (χ2n) is 16.6. The molecule has 0 radical (unpaired) electrons. The van der Waals surface area contributed by atoms with E-state index in [0.29, 0.717) is 5.95 Å². The van der Waals surface area contributed by atoms with Crippen molar-refractivity contribution in [1.29, 1.82) is 0 Å². The topological polar surface area (TPSA) is 40.6 Å². The van der Waals surface area contributed by atoms with E-state index in [1.165, 1.54) is 65.0 Å². The van der Waals surface area contributed by atoms with Crippen LogP contribution in [0.5, 0.6) is 0 Å². The highest BCUT2D eigenvalue weighted by Crippen LogP contribution is 2.40. The summed E-state index contributed by atoms with van der Waals surface area (Å²) in [6, 6.07) is 76.7. The summed E-state index contributed by atoms with van der Waals surface area (Å²) >= 11 is 0. The molecular formula is C58H35N5. The number of rotatable bonds is 4. The molecule has 292 valence electrons. The summed E-state index contributed by atoms with van der Waals surface area (Å²) < 4.78 is 7.05. The number of nitrogens with zero attached hydrogens (tertiary/aromatic N) is 5. The summed E-state index contributed by atoms with van der Waals surface area (Å²) in [5.41, 5.74) is 11.9. The molecule has 5 nitrogen and oxygen atoms in total. The Morgan fingerprint density at radius 1 is 0.270 bits per heavy atom. The first kappa shape index (κ1) is 34.2. The average molecular weight is 802 g/mol. The van der Waals surface area contributed by atoms with Crippen molar-refractivity contribution in [3.05, 3.63) is 212 Å². The highest BCUT2D eigenvalue weighted by atomic mass is 15.2. The monoisotopic (exact) mass is 801 g/mol. The molecule has 4 heterocycles. The summed E-state index contributed by atoms with van der Waals surface area (Å²) in [4.78, 5) is 10.9. The minimum absolute atomic E-state index is 0.642. The summed E-state index contributed by atoms with van der Waals surface area (Å²) in [7, 11) is 0. The van der Waals surface area contributed by atoms with Gasteiger partial charge in [0.05, 0.1) is 44.3 Å². The fourth-order valence-corrected chi connectivity index (χ4v) is 10.3. The lowest BCUT2D eigenvalue weighted by molar-refractivity contribution is 1.01. The van der Waals surface area contributed by atoms with Crippen LogP contribution in [0, 0.1) is 0 Å². The lowest BCUT2D eigenvalue weighted by Crippen LogP contribution is -2.03. The van der Waals surface area contributed by atoms with Crippen LogP contribution >= 0.6 is 0 Å². The van der Waals surface area contributed by atoms with Crippen LogP contribution in [0.1, 0.15) is 0 Å². The fourth-order valence-electron chi connectivity index (χ4n) is 10.3. The van der Waals surface area contributed by atoms with E-state index in [-0.39, 0.29) is 0 Å². The molecule has 0 aliphatic carbocycles. The summed E-state index contributed by atoms with van der Waals surface area (Å²) in [5.74, 6) is 0.642. The normalized spacial score (nSPS) is 12.1. The van der Waals surface area contributed by atoms with Crippen molar-refractivity contribution in [3.63, 3.8) is 0 Å². The standard InChI is InChI=1S/C58H35N5/c1-2-16-41(17-3-1)61-51-23-11-7-18-43(51)46-29-27-39(34-54(46)61)57-47-21-6-10-22-50(47)59-58(60-57)63-53-25-13-9-20-45(53)49-32-38-26-28-42(30-40(38)35-56(49)63)62-52-24-12-8-19-44(52)48-31-36-14-4-5-15-37(36)33-55(48)62/h1-35H. The van der Waals surface area contributed by atoms with Crippen LogP contribution in [0.4, 0.5) is 0 Å². The molecule has 0 amide bonds. The first-order valence-corrected chi connectivity index (χ1v) is 21.5. The van der Waals surface area contributed by atoms with E-state index in [2.05, 4.69) is 226 Å². The van der Waals surface area contributed by atoms with Gasteiger partial charge < -0.3 is 9.13 Å². The maximum absolute atomic E-state index is 5.55. The van der Waals surface area contributed by atoms with Gasteiger partial charge in [-0.1, -0.05) is 133 Å². The third-order valence-electron chi connectivity index (χ3n) is 13.2. The molecule has 0 atom stereocenters.